The number of carboxylic acid groups (broad SMARTS) is 1. The number of nitrogens with zero attached hydrogens (tertiary/aromatic N) is 1. The van der Waals surface area contributed by atoms with E-state index in [4.69, 9.17) is 4.74 Å². The van der Waals surface area contributed by atoms with Crippen LogP contribution in [0.25, 0.3) is 0 Å². The average Bonchev–Trinajstić information content (AvgIpc) is 3.55. The average molecular weight is 470 g/mol. The molecular formula is C28H36FNO4. The molecule has 1 N–H and O–H groups in total. The number of allylic oxidation sites excluding steroid dienone is 2. The van der Waals surface area contributed by atoms with Crippen LogP contribution in [0.2, 0.25) is 0 Å². The van der Waals surface area contributed by atoms with Gasteiger partial charge in [-0.15, -0.1) is 0 Å². The van der Waals surface area contributed by atoms with Crippen molar-refractivity contribution in [3.8, 4) is 5.75 Å². The Labute approximate surface area is 201 Å². The van der Waals surface area contributed by atoms with Crippen molar-refractivity contribution >= 4 is 11.9 Å². The molecule has 5 rings (SSSR count). The Morgan fingerprint density at radius 1 is 1.15 bits per heavy atom. The Bertz CT molecular complexity index is 1030. The molecule has 3 fully saturated rings. The molecule has 1 aromatic carbocycles. The molecule has 1 saturated heterocycles. The van der Waals surface area contributed by atoms with Crippen LogP contribution in [-0.4, -0.2) is 41.1 Å². The maximum absolute atomic E-state index is 15.3. The monoisotopic (exact) mass is 469 g/mol. The number of carboxylic acids is 1. The van der Waals surface area contributed by atoms with Crippen molar-refractivity contribution in [1.29, 1.82) is 0 Å². The molecule has 2 bridgehead atoms. The van der Waals surface area contributed by atoms with Crippen LogP contribution >= 0.6 is 0 Å². The van der Waals surface area contributed by atoms with Crippen molar-refractivity contribution in [3.63, 3.8) is 0 Å². The fourth-order valence-corrected chi connectivity index (χ4v) is 6.70. The highest BCUT2D eigenvalue weighted by Gasteiger charge is 2.43. The number of ether oxygens (including phenoxy) is 1. The van der Waals surface area contributed by atoms with Gasteiger partial charge in [0.25, 0.3) is 5.91 Å². The van der Waals surface area contributed by atoms with Gasteiger partial charge < -0.3 is 14.7 Å². The first-order valence-electron chi connectivity index (χ1n) is 12.8. The molecule has 1 aromatic rings. The summed E-state index contributed by atoms with van der Waals surface area (Å²) >= 11 is 0. The van der Waals surface area contributed by atoms with Crippen LogP contribution in [0, 0.1) is 29.0 Å². The third-order valence-electron chi connectivity index (χ3n) is 8.59. The van der Waals surface area contributed by atoms with E-state index in [2.05, 4.69) is 19.9 Å². The van der Waals surface area contributed by atoms with E-state index in [0.29, 0.717) is 37.2 Å². The van der Waals surface area contributed by atoms with Crippen LogP contribution in [0.3, 0.4) is 0 Å². The molecule has 0 aromatic heterocycles. The Balaban J connectivity index is 1.39. The molecule has 5 atom stereocenters. The van der Waals surface area contributed by atoms with Crippen LogP contribution in [0.1, 0.15) is 87.6 Å². The summed E-state index contributed by atoms with van der Waals surface area (Å²) in [6, 6.07) is 2.12. The van der Waals surface area contributed by atoms with Crippen molar-refractivity contribution in [2.75, 3.05) is 13.2 Å². The minimum atomic E-state index is -1.03. The van der Waals surface area contributed by atoms with Crippen LogP contribution in [0.4, 0.5) is 4.39 Å². The van der Waals surface area contributed by atoms with Crippen molar-refractivity contribution < 1.29 is 23.8 Å². The molecule has 34 heavy (non-hydrogen) atoms. The van der Waals surface area contributed by atoms with Crippen LogP contribution in [0.15, 0.2) is 23.8 Å². The number of fused-ring (bicyclic) bond motifs is 2. The number of benzene rings is 1. The topological polar surface area (TPSA) is 66.8 Å². The smallest absolute Gasteiger partial charge is 0.326 e. The van der Waals surface area contributed by atoms with Gasteiger partial charge in [-0.1, -0.05) is 25.5 Å². The van der Waals surface area contributed by atoms with E-state index in [1.165, 1.54) is 23.0 Å². The lowest BCUT2D eigenvalue weighted by molar-refractivity contribution is -0.141. The second kappa shape index (κ2) is 8.69. The standard InChI is InChI=1S/C28H36FNO4/c1-16-8-20-13-28(12-16,7-6-18(20)3)15-34-25-11-23(29)22(10-21(25)19-4-5-19)26(31)30-14-17(2)9-24(30)27(32)33/h6,10-11,16-17,19-20,24H,4-5,7-9,12-15H2,1-3H3,(H,32,33)/t16?,17-,20?,24-,28?/m0/s1. The number of aliphatic carboxylic acids is 1. The lowest BCUT2D eigenvalue weighted by Gasteiger charge is -2.46. The number of halogens is 1. The zero-order valence-corrected chi connectivity index (χ0v) is 20.5. The first-order valence-corrected chi connectivity index (χ1v) is 12.8. The Morgan fingerprint density at radius 3 is 2.62 bits per heavy atom. The van der Waals surface area contributed by atoms with E-state index in [0.717, 1.165) is 37.7 Å². The zero-order valence-electron chi connectivity index (χ0n) is 20.5. The third kappa shape index (κ3) is 4.36. The number of hydrogen-bond donors (Lipinski definition) is 1. The minimum absolute atomic E-state index is 0.0321. The highest BCUT2D eigenvalue weighted by Crippen LogP contribution is 2.51. The van der Waals surface area contributed by atoms with Crippen LogP contribution in [-0.2, 0) is 4.79 Å². The first kappa shape index (κ1) is 23.4. The van der Waals surface area contributed by atoms with Gasteiger partial charge in [0.05, 0.1) is 12.2 Å². The Hall–Kier alpha value is -2.37. The molecule has 3 unspecified atom stereocenters. The summed E-state index contributed by atoms with van der Waals surface area (Å²) in [5.41, 5.74) is 2.44. The number of carbonyl (C=O) groups excluding carboxylic acids is 1. The summed E-state index contributed by atoms with van der Waals surface area (Å²) in [5, 5.41) is 9.55. The second-order valence-electron chi connectivity index (χ2n) is 11.7. The molecule has 5 nitrogen and oxygen atoms in total. The van der Waals surface area contributed by atoms with E-state index in [1.807, 2.05) is 6.92 Å². The molecular weight excluding hydrogens is 433 g/mol. The van der Waals surface area contributed by atoms with Gasteiger partial charge in [0.15, 0.2) is 0 Å². The van der Waals surface area contributed by atoms with E-state index in [9.17, 15) is 14.7 Å². The number of hydrogen-bond acceptors (Lipinski definition) is 3. The molecule has 4 aliphatic rings. The highest BCUT2D eigenvalue weighted by atomic mass is 19.1. The van der Waals surface area contributed by atoms with Crippen LogP contribution in [0.5, 0.6) is 5.75 Å². The summed E-state index contributed by atoms with van der Waals surface area (Å²) in [4.78, 5) is 26.2. The first-order chi connectivity index (χ1) is 16.2. The third-order valence-corrected chi connectivity index (χ3v) is 8.59. The summed E-state index contributed by atoms with van der Waals surface area (Å²) in [6.45, 7) is 7.37. The lowest BCUT2D eigenvalue weighted by atomic mass is 9.60. The van der Waals surface area contributed by atoms with Gasteiger partial charge in [-0.3, -0.25) is 4.79 Å². The molecule has 0 radical (unpaired) electrons. The maximum atomic E-state index is 15.3. The SMILES string of the molecule is CC1=CCC2(COc3cc(F)c(C(=O)N4C[C@@H](C)C[C@H]4C(=O)O)cc3C3CC3)CC(C)CC1C2. The predicted molar refractivity (Wildman–Crippen MR) is 127 cm³/mol. The Morgan fingerprint density at radius 2 is 1.91 bits per heavy atom. The van der Waals surface area contributed by atoms with Gasteiger partial charge in [0.1, 0.15) is 17.6 Å². The predicted octanol–water partition coefficient (Wildman–Crippen LogP) is 5.79. The molecule has 2 saturated carbocycles. The van der Waals surface area contributed by atoms with Crippen LogP contribution < -0.4 is 4.74 Å². The number of rotatable bonds is 6. The van der Waals surface area contributed by atoms with Gasteiger partial charge in [-0.05, 0) is 87.2 Å². The van der Waals surface area contributed by atoms with Gasteiger partial charge in [0.2, 0.25) is 0 Å². The lowest BCUT2D eigenvalue weighted by Crippen LogP contribution is -2.41. The van der Waals surface area contributed by atoms with Gasteiger partial charge in [-0.25, -0.2) is 9.18 Å². The van der Waals surface area contributed by atoms with E-state index in [-0.39, 0.29) is 22.8 Å². The number of carbonyl (C=O) groups is 2. The summed E-state index contributed by atoms with van der Waals surface area (Å²) in [5.74, 6) is -0.0146. The van der Waals surface area contributed by atoms with E-state index in [1.54, 1.807) is 6.07 Å². The molecule has 0 spiro atoms. The normalized spacial score (nSPS) is 32.9. The van der Waals surface area contributed by atoms with Gasteiger partial charge in [0, 0.05) is 18.0 Å². The van der Waals surface area contributed by atoms with Crippen molar-refractivity contribution in [1.82, 2.24) is 4.90 Å². The zero-order chi connectivity index (χ0) is 24.2. The Kier molecular flexibility index (Phi) is 5.97. The maximum Gasteiger partial charge on any atom is 0.326 e. The molecule has 3 aliphatic carbocycles. The van der Waals surface area contributed by atoms with Crippen molar-refractivity contribution in [3.05, 3.63) is 40.7 Å². The summed E-state index contributed by atoms with van der Waals surface area (Å²) in [7, 11) is 0. The largest absolute Gasteiger partial charge is 0.493 e. The molecule has 1 heterocycles. The van der Waals surface area contributed by atoms with Crippen molar-refractivity contribution in [2.45, 2.75) is 77.7 Å². The number of amides is 1. The van der Waals surface area contributed by atoms with E-state index < -0.39 is 23.7 Å². The summed E-state index contributed by atoms with van der Waals surface area (Å²) < 4.78 is 21.7. The highest BCUT2D eigenvalue weighted by molar-refractivity contribution is 5.97. The summed E-state index contributed by atoms with van der Waals surface area (Å²) in [6.07, 6.45) is 9.24. The van der Waals surface area contributed by atoms with E-state index >= 15 is 4.39 Å². The van der Waals surface area contributed by atoms with Gasteiger partial charge in [-0.2, -0.15) is 0 Å². The molecule has 1 amide bonds. The fourth-order valence-electron chi connectivity index (χ4n) is 6.70. The van der Waals surface area contributed by atoms with Crippen molar-refractivity contribution in [2.24, 2.45) is 23.2 Å². The number of likely N-dealkylation sites (tertiary alicyclic amines) is 1. The minimum Gasteiger partial charge on any atom is -0.493 e. The molecule has 6 heteroatoms. The second-order valence-corrected chi connectivity index (χ2v) is 11.7. The fraction of sp³-hybridized carbons (Fsp3) is 0.643. The quantitative estimate of drug-likeness (QED) is 0.536. The van der Waals surface area contributed by atoms with Gasteiger partial charge >= 0.3 is 5.97 Å². The molecule has 1 aliphatic heterocycles. The molecule has 184 valence electrons.